The maximum atomic E-state index is 13.2. The van der Waals surface area contributed by atoms with Crippen molar-refractivity contribution in [2.24, 2.45) is 0 Å². The SMILES string of the molecule is [CH2]c1cn(Cc2ccccc2F)nn1. The second-order valence-corrected chi connectivity index (χ2v) is 3.00. The van der Waals surface area contributed by atoms with E-state index in [1.54, 1.807) is 29.1 Å². The lowest BCUT2D eigenvalue weighted by Gasteiger charge is -2.01. The second kappa shape index (κ2) is 3.57. The van der Waals surface area contributed by atoms with E-state index < -0.39 is 0 Å². The molecule has 0 aliphatic heterocycles. The van der Waals surface area contributed by atoms with Crippen LogP contribution in [-0.2, 0) is 6.54 Å². The van der Waals surface area contributed by atoms with E-state index in [-0.39, 0.29) is 5.82 Å². The van der Waals surface area contributed by atoms with Crippen molar-refractivity contribution in [1.29, 1.82) is 0 Å². The van der Waals surface area contributed by atoms with Gasteiger partial charge < -0.3 is 0 Å². The van der Waals surface area contributed by atoms with Gasteiger partial charge in [-0.2, -0.15) is 0 Å². The van der Waals surface area contributed by atoms with Crippen molar-refractivity contribution in [1.82, 2.24) is 15.0 Å². The van der Waals surface area contributed by atoms with Gasteiger partial charge in [0.1, 0.15) is 5.82 Å². The summed E-state index contributed by atoms with van der Waals surface area (Å²) in [4.78, 5) is 0. The lowest BCUT2D eigenvalue weighted by Crippen LogP contribution is -2.02. The van der Waals surface area contributed by atoms with E-state index in [1.807, 2.05) is 0 Å². The predicted octanol–water partition coefficient (Wildman–Crippen LogP) is 1.65. The van der Waals surface area contributed by atoms with Crippen molar-refractivity contribution in [3.63, 3.8) is 0 Å². The molecule has 0 saturated heterocycles. The average molecular weight is 190 g/mol. The molecule has 2 rings (SSSR count). The van der Waals surface area contributed by atoms with Crippen molar-refractivity contribution in [3.05, 3.63) is 54.5 Å². The largest absolute Gasteiger partial charge is 0.248 e. The molecular formula is C10H9FN3. The first-order valence-corrected chi connectivity index (χ1v) is 4.21. The standard InChI is InChI=1S/C10H9FN3/c1-8-6-14(13-12-8)7-9-4-2-3-5-10(9)11/h2-6H,1,7H2. The molecule has 0 aliphatic rings. The molecule has 71 valence electrons. The summed E-state index contributed by atoms with van der Waals surface area (Å²) in [5.74, 6) is -0.228. The Hall–Kier alpha value is -1.71. The maximum Gasteiger partial charge on any atom is 0.128 e. The third kappa shape index (κ3) is 1.79. The van der Waals surface area contributed by atoms with Crippen molar-refractivity contribution in [3.8, 4) is 0 Å². The van der Waals surface area contributed by atoms with Gasteiger partial charge in [0.05, 0.1) is 12.2 Å². The molecule has 1 heterocycles. The minimum atomic E-state index is -0.228. The number of rotatable bonds is 2. The van der Waals surface area contributed by atoms with Gasteiger partial charge in [0, 0.05) is 11.8 Å². The number of nitrogens with zero attached hydrogens (tertiary/aromatic N) is 3. The number of halogens is 1. The first kappa shape index (κ1) is 8.87. The zero-order valence-corrected chi connectivity index (χ0v) is 7.52. The minimum Gasteiger partial charge on any atom is -0.248 e. The third-order valence-corrected chi connectivity index (χ3v) is 1.88. The van der Waals surface area contributed by atoms with Crippen molar-refractivity contribution < 1.29 is 4.39 Å². The molecule has 1 aromatic carbocycles. The molecule has 0 N–H and O–H groups in total. The van der Waals surface area contributed by atoms with Gasteiger partial charge in [-0.05, 0) is 13.0 Å². The fraction of sp³-hybridized carbons (Fsp3) is 0.100. The van der Waals surface area contributed by atoms with Gasteiger partial charge in [0.15, 0.2) is 0 Å². The Morgan fingerprint density at radius 3 is 2.79 bits per heavy atom. The molecule has 0 amide bonds. The molecule has 0 saturated carbocycles. The number of hydrogen-bond acceptors (Lipinski definition) is 2. The number of aromatic nitrogens is 3. The monoisotopic (exact) mass is 190 g/mol. The highest BCUT2D eigenvalue weighted by Crippen LogP contribution is 2.07. The maximum absolute atomic E-state index is 13.2. The summed E-state index contributed by atoms with van der Waals surface area (Å²) in [7, 11) is 0. The Bertz CT molecular complexity index is 436. The quantitative estimate of drug-likeness (QED) is 0.720. The highest BCUT2D eigenvalue weighted by atomic mass is 19.1. The average Bonchev–Trinajstić information content (AvgIpc) is 2.56. The normalized spacial score (nSPS) is 10.4. The molecule has 1 aromatic heterocycles. The topological polar surface area (TPSA) is 30.7 Å². The fourth-order valence-electron chi connectivity index (χ4n) is 1.22. The van der Waals surface area contributed by atoms with Crippen LogP contribution >= 0.6 is 0 Å². The molecule has 14 heavy (non-hydrogen) atoms. The van der Waals surface area contributed by atoms with Crippen LogP contribution in [0.4, 0.5) is 4.39 Å². The smallest absolute Gasteiger partial charge is 0.128 e. The van der Waals surface area contributed by atoms with E-state index in [0.29, 0.717) is 17.8 Å². The summed E-state index contributed by atoms with van der Waals surface area (Å²) in [5.41, 5.74) is 1.18. The Balaban J connectivity index is 2.23. The minimum absolute atomic E-state index is 0.228. The van der Waals surface area contributed by atoms with Gasteiger partial charge in [0.2, 0.25) is 0 Å². The molecule has 3 nitrogen and oxygen atoms in total. The van der Waals surface area contributed by atoms with E-state index in [9.17, 15) is 4.39 Å². The third-order valence-electron chi connectivity index (χ3n) is 1.88. The second-order valence-electron chi connectivity index (χ2n) is 3.00. The van der Waals surface area contributed by atoms with Crippen LogP contribution in [0.2, 0.25) is 0 Å². The number of benzene rings is 1. The molecule has 4 heteroatoms. The van der Waals surface area contributed by atoms with Crippen LogP contribution in [0.1, 0.15) is 11.3 Å². The fourth-order valence-corrected chi connectivity index (χ4v) is 1.22. The molecule has 0 unspecified atom stereocenters. The van der Waals surface area contributed by atoms with Gasteiger partial charge in [-0.15, -0.1) is 5.10 Å². The van der Waals surface area contributed by atoms with Crippen LogP contribution in [0.3, 0.4) is 0 Å². The van der Waals surface area contributed by atoms with Crippen molar-refractivity contribution >= 4 is 0 Å². The van der Waals surface area contributed by atoms with E-state index in [4.69, 9.17) is 0 Å². The number of hydrogen-bond donors (Lipinski definition) is 0. The highest BCUT2D eigenvalue weighted by molar-refractivity contribution is 5.17. The van der Waals surface area contributed by atoms with Gasteiger partial charge >= 0.3 is 0 Å². The van der Waals surface area contributed by atoms with Gasteiger partial charge in [-0.25, -0.2) is 9.07 Å². The van der Waals surface area contributed by atoms with Gasteiger partial charge in [0.25, 0.3) is 0 Å². The van der Waals surface area contributed by atoms with Gasteiger partial charge in [-0.3, -0.25) is 0 Å². The molecular weight excluding hydrogens is 181 g/mol. The Morgan fingerprint density at radius 2 is 2.14 bits per heavy atom. The summed E-state index contributed by atoms with van der Waals surface area (Å²) < 4.78 is 14.8. The van der Waals surface area contributed by atoms with E-state index in [2.05, 4.69) is 17.2 Å². The zero-order chi connectivity index (χ0) is 9.97. The highest BCUT2D eigenvalue weighted by Gasteiger charge is 2.02. The predicted molar refractivity (Wildman–Crippen MR) is 50.0 cm³/mol. The Kier molecular flexibility index (Phi) is 2.26. The van der Waals surface area contributed by atoms with Crippen LogP contribution in [-0.4, -0.2) is 15.0 Å². The molecule has 0 fully saturated rings. The van der Waals surface area contributed by atoms with Crippen LogP contribution in [0.5, 0.6) is 0 Å². The lowest BCUT2D eigenvalue weighted by atomic mass is 10.2. The first-order valence-electron chi connectivity index (χ1n) is 4.21. The van der Waals surface area contributed by atoms with E-state index in [1.165, 1.54) is 6.07 Å². The molecule has 0 aliphatic carbocycles. The Morgan fingerprint density at radius 1 is 1.36 bits per heavy atom. The van der Waals surface area contributed by atoms with E-state index >= 15 is 0 Å². The van der Waals surface area contributed by atoms with Crippen LogP contribution in [0, 0.1) is 12.7 Å². The lowest BCUT2D eigenvalue weighted by molar-refractivity contribution is 0.577. The van der Waals surface area contributed by atoms with Crippen molar-refractivity contribution in [2.45, 2.75) is 6.54 Å². The summed E-state index contributed by atoms with van der Waals surface area (Å²) in [6, 6.07) is 6.60. The molecule has 0 spiro atoms. The molecule has 0 atom stereocenters. The summed E-state index contributed by atoms with van der Waals surface area (Å²) in [6.07, 6.45) is 1.67. The first-order chi connectivity index (χ1) is 6.75. The summed E-state index contributed by atoms with van der Waals surface area (Å²) in [5, 5.41) is 7.51. The molecule has 2 aromatic rings. The zero-order valence-electron chi connectivity index (χ0n) is 7.52. The van der Waals surface area contributed by atoms with Crippen LogP contribution < -0.4 is 0 Å². The summed E-state index contributed by atoms with van der Waals surface area (Å²) in [6.45, 7) is 4.00. The van der Waals surface area contributed by atoms with Crippen molar-refractivity contribution in [2.75, 3.05) is 0 Å². The Labute approximate surface area is 81.2 Å². The summed E-state index contributed by atoms with van der Waals surface area (Å²) >= 11 is 0. The molecule has 0 bridgehead atoms. The molecule has 1 radical (unpaired) electrons. The van der Waals surface area contributed by atoms with Gasteiger partial charge in [-0.1, -0.05) is 23.4 Å². The van der Waals surface area contributed by atoms with Crippen LogP contribution in [0.25, 0.3) is 0 Å². The van der Waals surface area contributed by atoms with Crippen LogP contribution in [0.15, 0.2) is 30.5 Å². The van der Waals surface area contributed by atoms with E-state index in [0.717, 1.165) is 0 Å².